The molecule has 0 bridgehead atoms. The molecule has 9 rings (SSSR count). The van der Waals surface area contributed by atoms with Crippen LogP contribution in [0.2, 0.25) is 0 Å². The van der Waals surface area contributed by atoms with E-state index in [1.54, 1.807) is 11.3 Å². The van der Waals surface area contributed by atoms with Crippen LogP contribution in [0.25, 0.3) is 86.4 Å². The highest BCUT2D eigenvalue weighted by Crippen LogP contribution is 2.44. The molecule has 0 spiro atoms. The molecule has 6 aromatic carbocycles. The van der Waals surface area contributed by atoms with Crippen molar-refractivity contribution in [3.05, 3.63) is 157 Å². The van der Waals surface area contributed by atoms with E-state index in [1.807, 2.05) is 54.6 Å². The van der Waals surface area contributed by atoms with Crippen molar-refractivity contribution in [2.45, 2.75) is 0 Å². The van der Waals surface area contributed by atoms with Gasteiger partial charge in [0, 0.05) is 32.1 Å². The van der Waals surface area contributed by atoms with E-state index in [9.17, 15) is 0 Å². The van der Waals surface area contributed by atoms with Crippen LogP contribution in [0.4, 0.5) is 5.69 Å². The smallest absolute Gasteiger partial charge is 0.187 e. The Bertz CT molecular complexity index is 2590. The van der Waals surface area contributed by atoms with Crippen LogP contribution in [0, 0.1) is 6.57 Å². The maximum Gasteiger partial charge on any atom is 0.187 e. The van der Waals surface area contributed by atoms with Crippen molar-refractivity contribution in [3.63, 3.8) is 0 Å². The third kappa shape index (κ3) is 4.12. The van der Waals surface area contributed by atoms with Gasteiger partial charge >= 0.3 is 0 Å². The van der Waals surface area contributed by atoms with Crippen LogP contribution >= 0.6 is 11.3 Å². The highest BCUT2D eigenvalue weighted by atomic mass is 32.1. The van der Waals surface area contributed by atoms with Crippen LogP contribution in [0.5, 0.6) is 0 Å². The average Bonchev–Trinajstić information content (AvgIpc) is 3.68. The molecule has 4 nitrogen and oxygen atoms in total. The van der Waals surface area contributed by atoms with Gasteiger partial charge in [0.25, 0.3) is 0 Å². The second-order valence-electron chi connectivity index (χ2n) is 11.3. The molecule has 0 radical (unpaired) electrons. The highest BCUT2D eigenvalue weighted by Gasteiger charge is 2.19. The number of para-hydroxylation sites is 2. The van der Waals surface area contributed by atoms with E-state index < -0.39 is 0 Å². The SMILES string of the molecule is [C-]#[N+]c1ccc(-c2nc(-c3ccccc3)nc3c2sc2c(-c4cccc(-n5c6ccccc6c6ccccc65)c4)cccc23)cc1. The lowest BCUT2D eigenvalue weighted by atomic mass is 10.0. The van der Waals surface area contributed by atoms with Gasteiger partial charge in [-0.25, -0.2) is 14.8 Å². The average molecular weight is 605 g/mol. The Kier molecular flexibility index (Phi) is 6.02. The van der Waals surface area contributed by atoms with Crippen LogP contribution < -0.4 is 0 Å². The summed E-state index contributed by atoms with van der Waals surface area (Å²) < 4.78 is 4.58. The van der Waals surface area contributed by atoms with Crippen molar-refractivity contribution in [1.29, 1.82) is 0 Å². The van der Waals surface area contributed by atoms with Gasteiger partial charge in [-0.15, -0.1) is 11.3 Å². The van der Waals surface area contributed by atoms with E-state index in [2.05, 4.69) is 100 Å². The minimum absolute atomic E-state index is 0.610. The predicted octanol–water partition coefficient (Wildman–Crippen LogP) is 11.5. The number of aromatic nitrogens is 3. The zero-order valence-corrected chi connectivity index (χ0v) is 25.4. The number of hydrogen-bond donors (Lipinski definition) is 0. The molecule has 3 aromatic heterocycles. The van der Waals surface area contributed by atoms with E-state index >= 15 is 0 Å². The standard InChI is InChI=1S/C41H24N4S/c1-42-29-23-21-26(22-24-29)37-40-38(44-41(43-37)27-11-3-2-4-12-27)34-18-10-17-31(39(34)46-40)28-13-9-14-30(25-28)45-35-19-7-5-15-32(35)33-16-6-8-20-36(33)45/h2-25H. The number of fused-ring (bicyclic) bond motifs is 6. The van der Waals surface area contributed by atoms with Crippen LogP contribution in [0.1, 0.15) is 0 Å². The van der Waals surface area contributed by atoms with E-state index in [4.69, 9.17) is 16.5 Å². The topological polar surface area (TPSA) is 35.1 Å². The molecular formula is C41H24N4S. The maximum absolute atomic E-state index is 7.41. The normalized spacial score (nSPS) is 11.5. The summed E-state index contributed by atoms with van der Waals surface area (Å²) >= 11 is 1.73. The first-order chi connectivity index (χ1) is 22.8. The fourth-order valence-corrected chi connectivity index (χ4v) is 7.80. The van der Waals surface area contributed by atoms with Gasteiger partial charge in [0.1, 0.15) is 0 Å². The Balaban J connectivity index is 1.28. The summed E-state index contributed by atoms with van der Waals surface area (Å²) in [6, 6.07) is 50.4. The van der Waals surface area contributed by atoms with Gasteiger partial charge in [-0.2, -0.15) is 0 Å². The monoisotopic (exact) mass is 604 g/mol. The summed E-state index contributed by atoms with van der Waals surface area (Å²) in [5, 5.41) is 3.61. The summed E-state index contributed by atoms with van der Waals surface area (Å²) in [4.78, 5) is 13.9. The van der Waals surface area contributed by atoms with E-state index in [-0.39, 0.29) is 0 Å². The second kappa shape index (κ2) is 10.5. The van der Waals surface area contributed by atoms with Gasteiger partial charge in [-0.1, -0.05) is 121 Å². The van der Waals surface area contributed by atoms with Crippen LogP contribution in [0.15, 0.2) is 146 Å². The van der Waals surface area contributed by atoms with Crippen LogP contribution in [0.3, 0.4) is 0 Å². The number of nitrogens with zero attached hydrogens (tertiary/aromatic N) is 4. The molecule has 0 saturated carbocycles. The van der Waals surface area contributed by atoms with Gasteiger partial charge in [0.2, 0.25) is 0 Å². The first kappa shape index (κ1) is 26.3. The zero-order valence-electron chi connectivity index (χ0n) is 24.6. The molecule has 0 saturated heterocycles. The largest absolute Gasteiger partial charge is 0.309 e. The molecule has 3 heterocycles. The lowest BCUT2D eigenvalue weighted by Gasteiger charge is -2.11. The summed E-state index contributed by atoms with van der Waals surface area (Å²) in [5.74, 6) is 0.691. The van der Waals surface area contributed by atoms with Crippen molar-refractivity contribution in [3.8, 4) is 39.5 Å². The van der Waals surface area contributed by atoms with Crippen molar-refractivity contribution in [2.75, 3.05) is 0 Å². The Labute approximate surface area is 269 Å². The zero-order chi connectivity index (χ0) is 30.6. The van der Waals surface area contributed by atoms with E-state index in [1.165, 1.54) is 32.1 Å². The van der Waals surface area contributed by atoms with Gasteiger partial charge in [-0.05, 0) is 41.0 Å². The Hall–Kier alpha value is -6.09. The summed E-state index contributed by atoms with van der Waals surface area (Å²) in [5.41, 5.74) is 10.2. The molecule has 0 amide bonds. The van der Waals surface area contributed by atoms with E-state index in [0.717, 1.165) is 43.7 Å². The molecule has 5 heteroatoms. The molecular weight excluding hydrogens is 581 g/mol. The second-order valence-corrected chi connectivity index (χ2v) is 12.3. The lowest BCUT2D eigenvalue weighted by Crippen LogP contribution is -1.94. The van der Waals surface area contributed by atoms with Crippen molar-refractivity contribution in [2.24, 2.45) is 0 Å². The maximum atomic E-state index is 7.41. The molecule has 0 N–H and O–H groups in total. The molecule has 0 aliphatic heterocycles. The van der Waals surface area contributed by atoms with E-state index in [0.29, 0.717) is 11.5 Å². The van der Waals surface area contributed by atoms with Gasteiger partial charge in [-0.3, -0.25) is 0 Å². The molecule has 0 atom stereocenters. The summed E-state index contributed by atoms with van der Waals surface area (Å²) in [6.45, 7) is 7.41. The van der Waals surface area contributed by atoms with Crippen molar-refractivity contribution in [1.82, 2.24) is 14.5 Å². The van der Waals surface area contributed by atoms with Gasteiger partial charge < -0.3 is 4.57 Å². The third-order valence-corrected chi connectivity index (χ3v) is 9.87. The first-order valence-corrected chi connectivity index (χ1v) is 15.9. The van der Waals surface area contributed by atoms with Crippen molar-refractivity contribution < 1.29 is 0 Å². The lowest BCUT2D eigenvalue weighted by molar-refractivity contribution is 1.18. The van der Waals surface area contributed by atoms with Crippen molar-refractivity contribution >= 4 is 59.1 Å². The molecule has 0 aliphatic rings. The Morgan fingerprint density at radius 2 is 1.20 bits per heavy atom. The summed E-state index contributed by atoms with van der Waals surface area (Å²) in [6.07, 6.45) is 0. The fourth-order valence-electron chi connectivity index (χ4n) is 6.51. The van der Waals surface area contributed by atoms with Gasteiger partial charge in [0.05, 0.1) is 33.5 Å². The number of thiophene rings is 1. The number of rotatable bonds is 4. The molecule has 46 heavy (non-hydrogen) atoms. The third-order valence-electron chi connectivity index (χ3n) is 8.64. The Morgan fingerprint density at radius 1 is 0.543 bits per heavy atom. The molecule has 9 aromatic rings. The number of benzene rings is 6. The highest BCUT2D eigenvalue weighted by molar-refractivity contribution is 7.26. The minimum Gasteiger partial charge on any atom is -0.309 e. The fraction of sp³-hybridized carbons (Fsp3) is 0. The molecule has 214 valence electrons. The predicted molar refractivity (Wildman–Crippen MR) is 192 cm³/mol. The van der Waals surface area contributed by atoms with Gasteiger partial charge in [0.15, 0.2) is 11.5 Å². The number of hydrogen-bond acceptors (Lipinski definition) is 3. The van der Waals surface area contributed by atoms with Crippen LogP contribution in [-0.4, -0.2) is 14.5 Å². The molecule has 0 aliphatic carbocycles. The first-order valence-electron chi connectivity index (χ1n) is 15.1. The van der Waals surface area contributed by atoms with Crippen LogP contribution in [-0.2, 0) is 0 Å². The molecule has 0 unspecified atom stereocenters. The molecule has 0 fully saturated rings. The summed E-state index contributed by atoms with van der Waals surface area (Å²) in [7, 11) is 0. The quantitative estimate of drug-likeness (QED) is 0.187. The Morgan fingerprint density at radius 3 is 1.93 bits per heavy atom. The minimum atomic E-state index is 0.610.